The third-order valence-electron chi connectivity index (χ3n) is 4.89. The van der Waals surface area contributed by atoms with Crippen molar-refractivity contribution in [2.75, 3.05) is 44.4 Å². The molecule has 8 heteroatoms. The molecule has 25 heavy (non-hydrogen) atoms. The van der Waals surface area contributed by atoms with Crippen LogP contribution in [0.4, 0.5) is 0 Å². The molecular weight excluding hydrogens is 342 g/mol. The Labute approximate surface area is 151 Å². The highest BCUT2D eigenvalue weighted by molar-refractivity contribution is 7.99. The fourth-order valence-electron chi connectivity index (χ4n) is 3.38. The Bertz CT molecular complexity index is 566. The van der Waals surface area contributed by atoms with Gasteiger partial charge in [0.15, 0.2) is 0 Å². The topological polar surface area (TPSA) is 83.8 Å². The van der Waals surface area contributed by atoms with Crippen molar-refractivity contribution in [2.45, 2.75) is 24.9 Å². The maximum Gasteiger partial charge on any atom is 0.309 e. The van der Waals surface area contributed by atoms with Crippen LogP contribution < -0.4 is 10.6 Å². The van der Waals surface area contributed by atoms with E-state index >= 15 is 0 Å². The Morgan fingerprint density at radius 1 is 1.16 bits per heavy atom. The molecule has 2 saturated heterocycles. The molecule has 0 atom stereocenters. The highest BCUT2D eigenvalue weighted by atomic mass is 32.2. The lowest BCUT2D eigenvalue weighted by Gasteiger charge is -2.47. The van der Waals surface area contributed by atoms with Crippen molar-refractivity contribution in [3.8, 4) is 0 Å². The van der Waals surface area contributed by atoms with Gasteiger partial charge in [-0.1, -0.05) is 0 Å². The van der Waals surface area contributed by atoms with Crippen molar-refractivity contribution < 1.29 is 18.7 Å². The molecule has 0 aromatic carbocycles. The molecule has 0 spiro atoms. The van der Waals surface area contributed by atoms with E-state index in [1.165, 1.54) is 6.26 Å². The predicted octanol–water partition coefficient (Wildman–Crippen LogP) is 0.610. The number of carbonyl (C=O) groups excluding carboxylic acids is 2. The first-order valence-corrected chi connectivity index (χ1v) is 9.84. The van der Waals surface area contributed by atoms with Crippen molar-refractivity contribution in [3.63, 3.8) is 0 Å². The molecule has 2 amide bonds. The van der Waals surface area contributed by atoms with Gasteiger partial charge in [0, 0.05) is 25.2 Å². The molecule has 0 radical (unpaired) electrons. The largest absolute Gasteiger partial charge is 0.467 e. The molecule has 3 heterocycles. The number of morpholine rings is 1. The molecule has 2 N–H and O–H groups in total. The summed E-state index contributed by atoms with van der Waals surface area (Å²) < 4.78 is 10.6. The van der Waals surface area contributed by atoms with Crippen LogP contribution >= 0.6 is 11.8 Å². The number of nitrogens with one attached hydrogen (secondary N) is 2. The van der Waals surface area contributed by atoms with E-state index in [1.54, 1.807) is 12.1 Å². The molecule has 0 saturated carbocycles. The Hall–Kier alpha value is -1.51. The summed E-state index contributed by atoms with van der Waals surface area (Å²) >= 11 is 1.95. The zero-order valence-electron chi connectivity index (χ0n) is 14.3. The Morgan fingerprint density at radius 3 is 2.56 bits per heavy atom. The summed E-state index contributed by atoms with van der Waals surface area (Å²) in [6, 6.07) is 3.50. The van der Waals surface area contributed by atoms with Crippen molar-refractivity contribution in [1.82, 2.24) is 15.5 Å². The van der Waals surface area contributed by atoms with E-state index in [0.29, 0.717) is 12.3 Å². The molecule has 0 unspecified atom stereocenters. The second-order valence-corrected chi connectivity index (χ2v) is 7.61. The molecule has 1 aromatic rings. The van der Waals surface area contributed by atoms with Gasteiger partial charge in [-0.2, -0.15) is 11.8 Å². The van der Waals surface area contributed by atoms with Crippen LogP contribution in [-0.2, 0) is 20.9 Å². The molecule has 0 aliphatic carbocycles. The number of rotatable bonds is 5. The first-order valence-electron chi connectivity index (χ1n) is 8.69. The van der Waals surface area contributed by atoms with Crippen molar-refractivity contribution in [1.29, 1.82) is 0 Å². The first kappa shape index (κ1) is 18.3. The van der Waals surface area contributed by atoms with E-state index in [0.717, 1.165) is 50.7 Å². The average molecular weight is 367 g/mol. The quantitative estimate of drug-likeness (QED) is 0.742. The summed E-state index contributed by atoms with van der Waals surface area (Å²) in [7, 11) is 0. The molecule has 3 rings (SSSR count). The number of hydrogen-bond acceptors (Lipinski definition) is 6. The van der Waals surface area contributed by atoms with E-state index in [9.17, 15) is 9.59 Å². The van der Waals surface area contributed by atoms with Gasteiger partial charge in [0.25, 0.3) is 0 Å². The maximum absolute atomic E-state index is 12.2. The van der Waals surface area contributed by atoms with Gasteiger partial charge in [0.05, 0.1) is 26.0 Å². The number of carbonyl (C=O) groups is 2. The normalized spacial score (nSPS) is 20.8. The minimum atomic E-state index is -0.626. The summed E-state index contributed by atoms with van der Waals surface area (Å²) in [5.74, 6) is 1.57. The van der Waals surface area contributed by atoms with Gasteiger partial charge >= 0.3 is 11.8 Å². The monoisotopic (exact) mass is 367 g/mol. The second-order valence-electron chi connectivity index (χ2n) is 6.38. The molecule has 1 aromatic heterocycles. The molecule has 7 nitrogen and oxygen atoms in total. The standard InChI is InChI=1S/C17H25N3O4S/c21-15(18-12-14-2-1-7-24-14)16(22)19-13-17(3-10-25-11-4-17)20-5-8-23-9-6-20/h1-2,7H,3-6,8-13H2,(H,18,21)(H,19,22). The van der Waals surface area contributed by atoms with E-state index in [2.05, 4.69) is 15.5 Å². The third kappa shape index (κ3) is 4.77. The van der Waals surface area contributed by atoms with Gasteiger partial charge in [0.2, 0.25) is 0 Å². The second kappa shape index (κ2) is 8.73. The minimum Gasteiger partial charge on any atom is -0.467 e. The van der Waals surface area contributed by atoms with E-state index < -0.39 is 11.8 Å². The number of furan rings is 1. The van der Waals surface area contributed by atoms with Gasteiger partial charge in [0.1, 0.15) is 5.76 Å². The van der Waals surface area contributed by atoms with E-state index in [-0.39, 0.29) is 12.1 Å². The van der Waals surface area contributed by atoms with Gasteiger partial charge < -0.3 is 19.8 Å². The lowest BCUT2D eigenvalue weighted by Crippen LogP contribution is -2.61. The van der Waals surface area contributed by atoms with Crippen LogP contribution in [0.2, 0.25) is 0 Å². The van der Waals surface area contributed by atoms with Crippen LogP contribution in [-0.4, -0.2) is 66.6 Å². The van der Waals surface area contributed by atoms with E-state index in [4.69, 9.17) is 9.15 Å². The average Bonchev–Trinajstić information content (AvgIpc) is 3.19. The number of nitrogens with zero attached hydrogens (tertiary/aromatic N) is 1. The molecule has 2 fully saturated rings. The predicted molar refractivity (Wildman–Crippen MR) is 95.2 cm³/mol. The fourth-order valence-corrected chi connectivity index (χ4v) is 4.63. The molecule has 2 aliphatic rings. The number of hydrogen-bond donors (Lipinski definition) is 2. The summed E-state index contributed by atoms with van der Waals surface area (Å²) in [6.07, 6.45) is 3.58. The zero-order valence-corrected chi connectivity index (χ0v) is 15.1. The van der Waals surface area contributed by atoms with Crippen molar-refractivity contribution in [2.24, 2.45) is 0 Å². The summed E-state index contributed by atoms with van der Waals surface area (Å²) in [4.78, 5) is 26.6. The van der Waals surface area contributed by atoms with Gasteiger partial charge in [-0.25, -0.2) is 0 Å². The zero-order chi connectivity index (χ0) is 17.5. The number of thioether (sulfide) groups is 1. The molecular formula is C17H25N3O4S. The lowest BCUT2D eigenvalue weighted by atomic mass is 9.89. The minimum absolute atomic E-state index is 0.0635. The SMILES string of the molecule is O=C(NCc1ccco1)C(=O)NCC1(N2CCOCC2)CCSCC1. The highest BCUT2D eigenvalue weighted by Gasteiger charge is 2.39. The third-order valence-corrected chi connectivity index (χ3v) is 5.88. The molecule has 138 valence electrons. The van der Waals surface area contributed by atoms with Gasteiger partial charge in [-0.15, -0.1) is 0 Å². The highest BCUT2D eigenvalue weighted by Crippen LogP contribution is 2.32. The molecule has 2 aliphatic heterocycles. The van der Waals surface area contributed by atoms with Crippen LogP contribution in [0, 0.1) is 0 Å². The fraction of sp³-hybridized carbons (Fsp3) is 0.647. The number of amides is 2. The van der Waals surface area contributed by atoms with Crippen LogP contribution in [0.25, 0.3) is 0 Å². The Kier molecular flexibility index (Phi) is 6.39. The maximum atomic E-state index is 12.2. The summed E-state index contributed by atoms with van der Waals surface area (Å²) in [6.45, 7) is 3.93. The van der Waals surface area contributed by atoms with Crippen LogP contribution in [0.3, 0.4) is 0 Å². The Morgan fingerprint density at radius 2 is 1.88 bits per heavy atom. The Balaban J connectivity index is 1.52. The van der Waals surface area contributed by atoms with Crippen molar-refractivity contribution >= 4 is 23.6 Å². The summed E-state index contributed by atoms with van der Waals surface area (Å²) in [5, 5.41) is 5.43. The smallest absolute Gasteiger partial charge is 0.309 e. The molecule has 0 bridgehead atoms. The first-order chi connectivity index (χ1) is 12.2. The van der Waals surface area contributed by atoms with Crippen molar-refractivity contribution in [3.05, 3.63) is 24.2 Å². The summed E-state index contributed by atoms with van der Waals surface area (Å²) in [5.41, 5.74) is -0.0635. The van der Waals surface area contributed by atoms with Crippen LogP contribution in [0.1, 0.15) is 18.6 Å². The number of ether oxygens (including phenoxy) is 1. The van der Waals surface area contributed by atoms with Crippen LogP contribution in [0.15, 0.2) is 22.8 Å². The van der Waals surface area contributed by atoms with E-state index in [1.807, 2.05) is 11.8 Å². The van der Waals surface area contributed by atoms with Crippen LogP contribution in [0.5, 0.6) is 0 Å². The van der Waals surface area contributed by atoms with Gasteiger partial charge in [-0.3, -0.25) is 14.5 Å². The van der Waals surface area contributed by atoms with Gasteiger partial charge in [-0.05, 0) is 36.5 Å². The lowest BCUT2D eigenvalue weighted by molar-refractivity contribution is -0.139.